The first-order valence-electron chi connectivity index (χ1n) is 7.12. The second-order valence-corrected chi connectivity index (χ2v) is 6.49. The summed E-state index contributed by atoms with van der Waals surface area (Å²) in [6, 6.07) is 4.77. The summed E-state index contributed by atoms with van der Waals surface area (Å²) in [5.41, 5.74) is 6.21. The van der Waals surface area contributed by atoms with E-state index in [4.69, 9.17) is 5.73 Å². The highest BCUT2D eigenvalue weighted by molar-refractivity contribution is 7.09. The second kappa shape index (κ2) is 7.17. The van der Waals surface area contributed by atoms with Gasteiger partial charge in [0.2, 0.25) is 0 Å². The maximum absolute atomic E-state index is 6.21. The maximum Gasteiger partial charge on any atom is 0.00458 e. The standard InChI is InChI=1S/C15H25NS/c16-14(10-11-15-7-4-12-17-15)9-8-13-5-2-1-3-6-13/h4,7,12-14H,1-3,5-6,8-11,16H2. The molecule has 0 bridgehead atoms. The molecule has 17 heavy (non-hydrogen) atoms. The Hall–Kier alpha value is -0.340. The smallest absolute Gasteiger partial charge is 0.00458 e. The van der Waals surface area contributed by atoms with Gasteiger partial charge in [0, 0.05) is 10.9 Å². The van der Waals surface area contributed by atoms with E-state index in [-0.39, 0.29) is 0 Å². The van der Waals surface area contributed by atoms with E-state index in [1.54, 1.807) is 0 Å². The van der Waals surface area contributed by atoms with Gasteiger partial charge in [0.25, 0.3) is 0 Å². The number of rotatable bonds is 6. The minimum Gasteiger partial charge on any atom is -0.328 e. The lowest BCUT2D eigenvalue weighted by atomic mass is 9.85. The van der Waals surface area contributed by atoms with Crippen molar-refractivity contribution in [3.05, 3.63) is 22.4 Å². The molecule has 1 aromatic rings. The van der Waals surface area contributed by atoms with E-state index >= 15 is 0 Å². The zero-order valence-corrected chi connectivity index (χ0v) is 11.6. The Morgan fingerprint density at radius 2 is 2.06 bits per heavy atom. The average Bonchev–Trinajstić information content (AvgIpc) is 2.88. The van der Waals surface area contributed by atoms with Gasteiger partial charge >= 0.3 is 0 Å². The van der Waals surface area contributed by atoms with Crippen LogP contribution in [0.5, 0.6) is 0 Å². The molecule has 2 N–H and O–H groups in total. The molecule has 0 radical (unpaired) electrons. The van der Waals surface area contributed by atoms with Crippen LogP contribution in [0.15, 0.2) is 17.5 Å². The highest BCUT2D eigenvalue weighted by Gasteiger charge is 2.14. The van der Waals surface area contributed by atoms with Gasteiger partial charge in [-0.3, -0.25) is 0 Å². The molecular weight excluding hydrogens is 226 g/mol. The molecule has 2 rings (SSSR count). The SMILES string of the molecule is NC(CCc1cccs1)CCC1CCCCC1. The third-order valence-electron chi connectivity index (χ3n) is 4.01. The predicted octanol–water partition coefficient (Wildman–Crippen LogP) is 4.37. The molecule has 1 atom stereocenters. The second-order valence-electron chi connectivity index (χ2n) is 5.46. The molecular formula is C15H25NS. The number of aryl methyl sites for hydroxylation is 1. The van der Waals surface area contributed by atoms with E-state index in [0.717, 1.165) is 12.3 Å². The maximum atomic E-state index is 6.21. The zero-order chi connectivity index (χ0) is 11.9. The van der Waals surface area contributed by atoms with Crippen molar-refractivity contribution in [2.24, 2.45) is 11.7 Å². The summed E-state index contributed by atoms with van der Waals surface area (Å²) >= 11 is 1.86. The van der Waals surface area contributed by atoms with Gasteiger partial charge in [-0.1, -0.05) is 38.2 Å². The molecule has 1 fully saturated rings. The molecule has 0 aromatic carbocycles. The van der Waals surface area contributed by atoms with Crippen LogP contribution in [0, 0.1) is 5.92 Å². The first-order chi connectivity index (χ1) is 8.34. The molecule has 96 valence electrons. The molecule has 1 heterocycles. The van der Waals surface area contributed by atoms with E-state index in [2.05, 4.69) is 17.5 Å². The van der Waals surface area contributed by atoms with Crippen LogP contribution in [0.4, 0.5) is 0 Å². The van der Waals surface area contributed by atoms with Gasteiger partial charge in [-0.05, 0) is 43.0 Å². The van der Waals surface area contributed by atoms with Crippen LogP contribution in [0.2, 0.25) is 0 Å². The van der Waals surface area contributed by atoms with Crippen LogP contribution in [0.1, 0.15) is 56.2 Å². The Kier molecular flexibility index (Phi) is 5.53. The van der Waals surface area contributed by atoms with E-state index in [1.165, 1.54) is 56.2 Å². The summed E-state index contributed by atoms with van der Waals surface area (Å²) in [5.74, 6) is 0.983. The van der Waals surface area contributed by atoms with Crippen molar-refractivity contribution in [3.8, 4) is 0 Å². The Labute approximate surface area is 109 Å². The zero-order valence-electron chi connectivity index (χ0n) is 10.7. The summed E-state index contributed by atoms with van der Waals surface area (Å²) in [4.78, 5) is 1.48. The Morgan fingerprint density at radius 3 is 2.76 bits per heavy atom. The van der Waals surface area contributed by atoms with Crippen molar-refractivity contribution in [2.45, 2.75) is 63.8 Å². The van der Waals surface area contributed by atoms with Crippen LogP contribution >= 0.6 is 11.3 Å². The Morgan fingerprint density at radius 1 is 1.24 bits per heavy atom. The fraction of sp³-hybridized carbons (Fsp3) is 0.733. The first-order valence-corrected chi connectivity index (χ1v) is 8.00. The molecule has 0 saturated heterocycles. The topological polar surface area (TPSA) is 26.0 Å². The molecule has 1 aliphatic rings. The lowest BCUT2D eigenvalue weighted by Crippen LogP contribution is -2.22. The molecule has 2 heteroatoms. The highest BCUT2D eigenvalue weighted by Crippen LogP contribution is 2.28. The van der Waals surface area contributed by atoms with Crippen molar-refractivity contribution in [3.63, 3.8) is 0 Å². The summed E-state index contributed by atoms with van der Waals surface area (Å²) in [6.45, 7) is 0. The molecule has 0 spiro atoms. The quantitative estimate of drug-likeness (QED) is 0.798. The average molecular weight is 251 g/mol. The van der Waals surface area contributed by atoms with Gasteiger partial charge in [-0.25, -0.2) is 0 Å². The molecule has 1 aromatic heterocycles. The van der Waals surface area contributed by atoms with Gasteiger partial charge in [-0.2, -0.15) is 0 Å². The van der Waals surface area contributed by atoms with Gasteiger partial charge in [0.05, 0.1) is 0 Å². The Balaban J connectivity index is 1.58. The summed E-state index contributed by atoms with van der Waals surface area (Å²) < 4.78 is 0. The van der Waals surface area contributed by atoms with E-state index < -0.39 is 0 Å². The third kappa shape index (κ3) is 4.81. The Bertz CT molecular complexity index is 288. The van der Waals surface area contributed by atoms with Crippen molar-refractivity contribution >= 4 is 11.3 Å². The van der Waals surface area contributed by atoms with Crippen LogP contribution in [0.3, 0.4) is 0 Å². The van der Waals surface area contributed by atoms with Crippen molar-refractivity contribution < 1.29 is 0 Å². The lowest BCUT2D eigenvalue weighted by Gasteiger charge is -2.22. The number of hydrogen-bond donors (Lipinski definition) is 1. The third-order valence-corrected chi connectivity index (χ3v) is 4.95. The van der Waals surface area contributed by atoms with Gasteiger partial charge in [0.1, 0.15) is 0 Å². The van der Waals surface area contributed by atoms with E-state index in [1.807, 2.05) is 11.3 Å². The minimum atomic E-state index is 0.416. The predicted molar refractivity (Wildman–Crippen MR) is 76.4 cm³/mol. The lowest BCUT2D eigenvalue weighted by molar-refractivity contribution is 0.321. The number of hydrogen-bond acceptors (Lipinski definition) is 2. The highest BCUT2D eigenvalue weighted by atomic mass is 32.1. The molecule has 0 aliphatic heterocycles. The first kappa shape index (κ1) is 13.1. The fourth-order valence-corrected chi connectivity index (χ4v) is 3.58. The number of nitrogens with two attached hydrogens (primary N) is 1. The monoisotopic (exact) mass is 251 g/mol. The van der Waals surface area contributed by atoms with Crippen LogP contribution < -0.4 is 5.73 Å². The summed E-state index contributed by atoms with van der Waals surface area (Å²) in [6.07, 6.45) is 12.2. The van der Waals surface area contributed by atoms with Crippen molar-refractivity contribution in [2.75, 3.05) is 0 Å². The van der Waals surface area contributed by atoms with E-state index in [0.29, 0.717) is 6.04 Å². The van der Waals surface area contributed by atoms with Crippen LogP contribution in [-0.2, 0) is 6.42 Å². The molecule has 1 unspecified atom stereocenters. The molecule has 1 saturated carbocycles. The van der Waals surface area contributed by atoms with Gasteiger partial charge < -0.3 is 5.73 Å². The van der Waals surface area contributed by atoms with Gasteiger partial charge in [-0.15, -0.1) is 11.3 Å². The largest absolute Gasteiger partial charge is 0.328 e. The van der Waals surface area contributed by atoms with Crippen molar-refractivity contribution in [1.82, 2.24) is 0 Å². The summed E-state index contributed by atoms with van der Waals surface area (Å²) in [7, 11) is 0. The fourth-order valence-electron chi connectivity index (χ4n) is 2.85. The van der Waals surface area contributed by atoms with Crippen molar-refractivity contribution in [1.29, 1.82) is 0 Å². The van der Waals surface area contributed by atoms with Gasteiger partial charge in [0.15, 0.2) is 0 Å². The normalized spacial score (nSPS) is 19.4. The summed E-state index contributed by atoms with van der Waals surface area (Å²) in [5, 5.41) is 2.16. The van der Waals surface area contributed by atoms with Crippen LogP contribution in [-0.4, -0.2) is 6.04 Å². The van der Waals surface area contributed by atoms with Crippen LogP contribution in [0.25, 0.3) is 0 Å². The molecule has 1 aliphatic carbocycles. The minimum absolute atomic E-state index is 0.416. The van der Waals surface area contributed by atoms with E-state index in [9.17, 15) is 0 Å². The molecule has 0 amide bonds. The number of thiophene rings is 1. The molecule has 1 nitrogen and oxygen atoms in total.